The number of pyridine rings is 1. The Bertz CT molecular complexity index is 488. The number of fused-ring (bicyclic) bond motifs is 1. The molecule has 2 rings (SSSR count). The van der Waals surface area contributed by atoms with Gasteiger partial charge in [-0.2, -0.15) is 0 Å². The van der Waals surface area contributed by atoms with Crippen molar-refractivity contribution < 1.29 is 9.90 Å². The van der Waals surface area contributed by atoms with Crippen molar-refractivity contribution in [1.82, 2.24) is 9.55 Å². The Kier molecular flexibility index (Phi) is 1.96. The summed E-state index contributed by atoms with van der Waals surface area (Å²) in [6.07, 6.45) is 3.48. The zero-order chi connectivity index (χ0) is 10.1. The van der Waals surface area contributed by atoms with E-state index >= 15 is 0 Å². The topological polar surface area (TPSA) is 55.1 Å². The highest BCUT2D eigenvalue weighted by atomic mass is 16.4. The summed E-state index contributed by atoms with van der Waals surface area (Å²) in [7, 11) is 0. The third-order valence-corrected chi connectivity index (χ3v) is 2.14. The van der Waals surface area contributed by atoms with E-state index in [1.807, 2.05) is 25.3 Å². The molecular formula is C10H10N2O2. The van der Waals surface area contributed by atoms with E-state index in [1.165, 1.54) is 0 Å². The SMILES string of the molecule is Cc1cn(CC(=O)O)c2ncccc12. The molecule has 0 unspecified atom stereocenters. The number of aliphatic carboxylic acids is 1. The van der Waals surface area contributed by atoms with Crippen molar-refractivity contribution in [2.75, 3.05) is 0 Å². The van der Waals surface area contributed by atoms with Gasteiger partial charge in [-0.25, -0.2) is 4.98 Å². The zero-order valence-corrected chi connectivity index (χ0v) is 7.77. The third-order valence-electron chi connectivity index (χ3n) is 2.14. The van der Waals surface area contributed by atoms with Crippen LogP contribution in [0, 0.1) is 6.92 Å². The number of nitrogens with zero attached hydrogens (tertiary/aromatic N) is 2. The van der Waals surface area contributed by atoms with Gasteiger partial charge in [0.15, 0.2) is 0 Å². The standard InChI is InChI=1S/C10H10N2O2/c1-7-5-12(6-9(13)14)10-8(7)3-2-4-11-10/h2-5H,6H2,1H3,(H,13,14). The van der Waals surface area contributed by atoms with Gasteiger partial charge in [-0.05, 0) is 24.6 Å². The van der Waals surface area contributed by atoms with E-state index in [-0.39, 0.29) is 6.54 Å². The second-order valence-electron chi connectivity index (χ2n) is 3.21. The number of carboxylic acids is 1. The molecular weight excluding hydrogens is 180 g/mol. The van der Waals surface area contributed by atoms with Gasteiger partial charge >= 0.3 is 5.97 Å². The van der Waals surface area contributed by atoms with Crippen LogP contribution in [-0.4, -0.2) is 20.6 Å². The van der Waals surface area contributed by atoms with Gasteiger partial charge in [0.2, 0.25) is 0 Å². The summed E-state index contributed by atoms with van der Waals surface area (Å²) in [6, 6.07) is 3.79. The summed E-state index contributed by atoms with van der Waals surface area (Å²) in [5, 5.41) is 9.70. The normalized spacial score (nSPS) is 10.6. The molecule has 0 fully saturated rings. The van der Waals surface area contributed by atoms with Crippen LogP contribution in [0.2, 0.25) is 0 Å². The molecule has 0 spiro atoms. The molecule has 14 heavy (non-hydrogen) atoms. The van der Waals surface area contributed by atoms with Gasteiger partial charge in [-0.15, -0.1) is 0 Å². The van der Waals surface area contributed by atoms with Crippen LogP contribution >= 0.6 is 0 Å². The predicted molar refractivity (Wildman–Crippen MR) is 52.1 cm³/mol. The van der Waals surface area contributed by atoms with Gasteiger partial charge in [0.25, 0.3) is 0 Å². The lowest BCUT2D eigenvalue weighted by Crippen LogP contribution is -2.07. The summed E-state index contributed by atoms with van der Waals surface area (Å²) in [4.78, 5) is 14.7. The first-order valence-electron chi connectivity index (χ1n) is 4.31. The first-order chi connectivity index (χ1) is 6.68. The quantitative estimate of drug-likeness (QED) is 0.779. The Labute approximate surface area is 80.8 Å². The van der Waals surface area contributed by atoms with E-state index in [1.54, 1.807) is 10.8 Å². The molecule has 0 aromatic carbocycles. The van der Waals surface area contributed by atoms with Crippen LogP contribution in [-0.2, 0) is 11.3 Å². The van der Waals surface area contributed by atoms with Crippen molar-refractivity contribution in [3.63, 3.8) is 0 Å². The largest absolute Gasteiger partial charge is 0.480 e. The molecule has 72 valence electrons. The number of rotatable bonds is 2. The van der Waals surface area contributed by atoms with Crippen molar-refractivity contribution >= 4 is 17.0 Å². The highest BCUT2D eigenvalue weighted by molar-refractivity contribution is 5.81. The van der Waals surface area contributed by atoms with E-state index in [4.69, 9.17) is 5.11 Å². The van der Waals surface area contributed by atoms with Crippen molar-refractivity contribution in [2.24, 2.45) is 0 Å². The van der Waals surface area contributed by atoms with Gasteiger partial charge in [0.1, 0.15) is 12.2 Å². The molecule has 0 amide bonds. The fourth-order valence-corrected chi connectivity index (χ4v) is 1.56. The fourth-order valence-electron chi connectivity index (χ4n) is 1.56. The molecule has 2 aromatic heterocycles. The molecule has 1 N–H and O–H groups in total. The molecule has 0 radical (unpaired) electrons. The summed E-state index contributed by atoms with van der Waals surface area (Å²) in [5.41, 5.74) is 1.78. The first-order valence-corrected chi connectivity index (χ1v) is 4.31. The van der Waals surface area contributed by atoms with E-state index < -0.39 is 5.97 Å². The van der Waals surface area contributed by atoms with Crippen LogP contribution < -0.4 is 0 Å². The molecule has 4 nitrogen and oxygen atoms in total. The lowest BCUT2D eigenvalue weighted by atomic mass is 10.2. The third kappa shape index (κ3) is 1.35. The maximum absolute atomic E-state index is 10.6. The molecule has 0 aliphatic rings. The van der Waals surface area contributed by atoms with Crippen LogP contribution in [0.1, 0.15) is 5.56 Å². The smallest absolute Gasteiger partial charge is 0.323 e. The molecule has 2 heterocycles. The van der Waals surface area contributed by atoms with Crippen LogP contribution in [0.15, 0.2) is 24.5 Å². The molecule has 0 saturated carbocycles. The van der Waals surface area contributed by atoms with Crippen LogP contribution in [0.4, 0.5) is 0 Å². The molecule has 0 atom stereocenters. The Morgan fingerprint density at radius 2 is 2.43 bits per heavy atom. The second-order valence-corrected chi connectivity index (χ2v) is 3.21. The van der Waals surface area contributed by atoms with Crippen LogP contribution in [0.5, 0.6) is 0 Å². The lowest BCUT2D eigenvalue weighted by molar-refractivity contribution is -0.137. The van der Waals surface area contributed by atoms with E-state index in [0.29, 0.717) is 0 Å². The fraction of sp³-hybridized carbons (Fsp3) is 0.200. The van der Waals surface area contributed by atoms with Crippen molar-refractivity contribution in [2.45, 2.75) is 13.5 Å². The predicted octanol–water partition coefficient (Wildman–Crippen LogP) is 1.43. The first kappa shape index (κ1) is 8.74. The Hall–Kier alpha value is -1.84. The van der Waals surface area contributed by atoms with Crippen molar-refractivity contribution in [3.05, 3.63) is 30.1 Å². The minimum Gasteiger partial charge on any atom is -0.480 e. The van der Waals surface area contributed by atoms with E-state index in [2.05, 4.69) is 4.98 Å². The average molecular weight is 190 g/mol. The Morgan fingerprint density at radius 3 is 3.14 bits per heavy atom. The van der Waals surface area contributed by atoms with Gasteiger partial charge in [-0.3, -0.25) is 4.79 Å². The Morgan fingerprint density at radius 1 is 1.64 bits per heavy atom. The maximum Gasteiger partial charge on any atom is 0.323 e. The maximum atomic E-state index is 10.6. The van der Waals surface area contributed by atoms with Crippen LogP contribution in [0.3, 0.4) is 0 Å². The zero-order valence-electron chi connectivity index (χ0n) is 7.77. The van der Waals surface area contributed by atoms with Gasteiger partial charge in [0, 0.05) is 17.8 Å². The van der Waals surface area contributed by atoms with E-state index in [0.717, 1.165) is 16.6 Å². The number of carboxylic acid groups (broad SMARTS) is 1. The minimum atomic E-state index is -0.854. The number of carbonyl (C=O) groups is 1. The number of hydrogen-bond donors (Lipinski definition) is 1. The highest BCUT2D eigenvalue weighted by Gasteiger charge is 2.07. The lowest BCUT2D eigenvalue weighted by Gasteiger charge is -1.98. The second kappa shape index (κ2) is 3.14. The highest BCUT2D eigenvalue weighted by Crippen LogP contribution is 2.17. The minimum absolute atomic E-state index is 0.0403. The molecule has 4 heteroatoms. The Balaban J connectivity index is 2.60. The molecule has 0 saturated heterocycles. The molecule has 2 aromatic rings. The summed E-state index contributed by atoms with van der Waals surface area (Å²) in [6.45, 7) is 1.91. The number of aryl methyl sites for hydroxylation is 1. The van der Waals surface area contributed by atoms with Gasteiger partial charge in [0.05, 0.1) is 0 Å². The van der Waals surface area contributed by atoms with Gasteiger partial charge < -0.3 is 9.67 Å². The van der Waals surface area contributed by atoms with Crippen molar-refractivity contribution in [3.8, 4) is 0 Å². The monoisotopic (exact) mass is 190 g/mol. The summed E-state index contributed by atoms with van der Waals surface area (Å²) < 4.78 is 1.65. The number of hydrogen-bond acceptors (Lipinski definition) is 2. The number of aromatic nitrogens is 2. The summed E-state index contributed by atoms with van der Waals surface area (Å²) in [5.74, 6) is -0.854. The molecule has 0 aliphatic carbocycles. The van der Waals surface area contributed by atoms with Crippen molar-refractivity contribution in [1.29, 1.82) is 0 Å². The summed E-state index contributed by atoms with van der Waals surface area (Å²) >= 11 is 0. The van der Waals surface area contributed by atoms with Gasteiger partial charge in [-0.1, -0.05) is 0 Å². The van der Waals surface area contributed by atoms with Crippen LogP contribution in [0.25, 0.3) is 11.0 Å². The van der Waals surface area contributed by atoms with E-state index in [9.17, 15) is 4.79 Å². The average Bonchev–Trinajstić information content (AvgIpc) is 2.44. The molecule has 0 bridgehead atoms. The molecule has 0 aliphatic heterocycles.